The summed E-state index contributed by atoms with van der Waals surface area (Å²) >= 11 is 0. The Labute approximate surface area is 205 Å². The molecule has 8 nitrogen and oxygen atoms in total. The fourth-order valence-electron chi connectivity index (χ4n) is 4.40. The molecule has 4 heterocycles. The van der Waals surface area contributed by atoms with Gasteiger partial charge in [-0.15, -0.1) is 0 Å². The summed E-state index contributed by atoms with van der Waals surface area (Å²) in [7, 11) is 0. The van der Waals surface area contributed by atoms with Crippen LogP contribution in [0.4, 0.5) is 29.2 Å². The van der Waals surface area contributed by atoms with Gasteiger partial charge in [-0.3, -0.25) is 9.59 Å². The van der Waals surface area contributed by atoms with Crippen molar-refractivity contribution < 1.29 is 31.9 Å². The lowest BCUT2D eigenvalue weighted by Gasteiger charge is -2.41. The zero-order chi connectivity index (χ0) is 26.1. The fraction of sp³-hybridized carbons (Fsp3) is 0.500. The van der Waals surface area contributed by atoms with Crippen molar-refractivity contribution >= 4 is 23.5 Å². The number of amides is 2. The van der Waals surface area contributed by atoms with Gasteiger partial charge >= 0.3 is 6.11 Å². The summed E-state index contributed by atoms with van der Waals surface area (Å²) in [4.78, 5) is 36.7. The van der Waals surface area contributed by atoms with Gasteiger partial charge in [-0.05, 0) is 37.5 Å². The highest BCUT2D eigenvalue weighted by atomic mass is 19.3. The first-order valence-corrected chi connectivity index (χ1v) is 11.6. The van der Waals surface area contributed by atoms with Crippen LogP contribution >= 0.6 is 0 Å². The van der Waals surface area contributed by atoms with E-state index in [0.717, 1.165) is 4.90 Å². The number of likely N-dealkylation sites (tertiary alicyclic amines) is 2. The standard InChI is InChI=1S/C24H27F4N5O3/c1-15-5-6-18(30-19-12-17(8-10-29-19)36-23(2,25)26)31-21(15)22(35)33-14-24(27,28)9-7-16(33)13-32-11-3-4-20(32)34/h5-6,8,10,12,16H,3-4,7,9,11,13-14H2,1-2H3,(H,29,30,31)/t16-/m1/s1. The fourth-order valence-corrected chi connectivity index (χ4v) is 4.40. The Hall–Kier alpha value is -3.44. The highest BCUT2D eigenvalue weighted by molar-refractivity contribution is 5.94. The third-order valence-electron chi connectivity index (χ3n) is 6.13. The number of ether oxygens (including phenoxy) is 1. The van der Waals surface area contributed by atoms with E-state index in [9.17, 15) is 27.2 Å². The summed E-state index contributed by atoms with van der Waals surface area (Å²) in [6, 6.07) is 5.12. The highest BCUT2D eigenvalue weighted by Crippen LogP contribution is 2.33. The molecule has 2 aliphatic rings. The van der Waals surface area contributed by atoms with Crippen LogP contribution in [-0.4, -0.2) is 69.3 Å². The number of anilines is 2. The lowest BCUT2D eigenvalue weighted by atomic mass is 9.97. The number of carbonyl (C=O) groups excluding carboxylic acids is 2. The molecule has 0 aliphatic carbocycles. The molecule has 0 bridgehead atoms. The number of hydrogen-bond acceptors (Lipinski definition) is 6. The van der Waals surface area contributed by atoms with E-state index >= 15 is 0 Å². The lowest BCUT2D eigenvalue weighted by molar-refractivity contribution is -0.158. The van der Waals surface area contributed by atoms with E-state index in [0.29, 0.717) is 31.9 Å². The number of pyridine rings is 2. The van der Waals surface area contributed by atoms with E-state index in [-0.39, 0.29) is 48.4 Å². The molecule has 0 spiro atoms. The minimum absolute atomic E-state index is 0.0251. The number of aryl methyl sites for hydroxylation is 1. The third kappa shape index (κ3) is 6.21. The second kappa shape index (κ2) is 9.90. The Morgan fingerprint density at radius 3 is 2.75 bits per heavy atom. The van der Waals surface area contributed by atoms with Crippen molar-refractivity contribution in [1.29, 1.82) is 0 Å². The number of rotatable bonds is 7. The maximum Gasteiger partial charge on any atom is 0.394 e. The van der Waals surface area contributed by atoms with Gasteiger partial charge in [0, 0.05) is 45.1 Å². The Balaban J connectivity index is 1.56. The summed E-state index contributed by atoms with van der Waals surface area (Å²) in [6.45, 7) is 2.24. The molecule has 2 aliphatic heterocycles. The lowest BCUT2D eigenvalue weighted by Crippen LogP contribution is -2.55. The molecule has 12 heteroatoms. The first kappa shape index (κ1) is 25.6. The number of hydrogen-bond donors (Lipinski definition) is 1. The van der Waals surface area contributed by atoms with Gasteiger partial charge in [-0.2, -0.15) is 8.78 Å². The van der Waals surface area contributed by atoms with Gasteiger partial charge in [-0.1, -0.05) is 6.07 Å². The molecule has 0 saturated carbocycles. The van der Waals surface area contributed by atoms with Gasteiger partial charge in [0.25, 0.3) is 11.8 Å². The van der Waals surface area contributed by atoms with Gasteiger partial charge in [0.2, 0.25) is 5.91 Å². The SMILES string of the molecule is Cc1ccc(Nc2cc(OC(C)(F)F)ccn2)nc1C(=O)N1CC(F)(F)CC[C@@H]1CN1CCCC1=O. The van der Waals surface area contributed by atoms with E-state index in [1.54, 1.807) is 24.0 Å². The Bertz CT molecular complexity index is 1140. The Kier molecular flexibility index (Phi) is 7.05. The molecule has 2 saturated heterocycles. The van der Waals surface area contributed by atoms with Crippen molar-refractivity contribution in [3.63, 3.8) is 0 Å². The summed E-state index contributed by atoms with van der Waals surface area (Å²) in [5, 5.41) is 2.83. The van der Waals surface area contributed by atoms with Crippen LogP contribution in [0.25, 0.3) is 0 Å². The summed E-state index contributed by atoms with van der Waals surface area (Å²) < 4.78 is 59.6. The van der Waals surface area contributed by atoms with Crippen molar-refractivity contribution in [3.05, 3.63) is 41.7 Å². The number of alkyl halides is 4. The van der Waals surface area contributed by atoms with Crippen molar-refractivity contribution in [2.75, 3.05) is 25.0 Å². The molecular formula is C24H27F4N5O3. The van der Waals surface area contributed by atoms with Crippen LogP contribution in [0.15, 0.2) is 30.5 Å². The van der Waals surface area contributed by atoms with Gasteiger partial charge in [-0.25, -0.2) is 18.7 Å². The minimum atomic E-state index is -3.38. The molecule has 2 aromatic rings. The largest absolute Gasteiger partial charge is 0.433 e. The highest BCUT2D eigenvalue weighted by Gasteiger charge is 2.44. The maximum absolute atomic E-state index is 14.3. The van der Waals surface area contributed by atoms with Crippen LogP contribution in [0.3, 0.4) is 0 Å². The van der Waals surface area contributed by atoms with Gasteiger partial charge in [0.05, 0.1) is 12.6 Å². The van der Waals surface area contributed by atoms with Gasteiger partial charge in [0.1, 0.15) is 23.1 Å². The smallest absolute Gasteiger partial charge is 0.394 e. The minimum Gasteiger partial charge on any atom is -0.433 e. The summed E-state index contributed by atoms with van der Waals surface area (Å²) in [6.07, 6.45) is -1.28. The third-order valence-corrected chi connectivity index (χ3v) is 6.13. The van der Waals surface area contributed by atoms with Gasteiger partial charge < -0.3 is 19.9 Å². The van der Waals surface area contributed by atoms with Crippen molar-refractivity contribution in [2.24, 2.45) is 0 Å². The normalized spacial score (nSPS) is 19.9. The van der Waals surface area contributed by atoms with E-state index in [1.807, 2.05) is 0 Å². The molecule has 4 rings (SSSR count). The second-order valence-electron chi connectivity index (χ2n) is 9.20. The van der Waals surface area contributed by atoms with E-state index in [2.05, 4.69) is 20.0 Å². The monoisotopic (exact) mass is 509 g/mol. The number of piperidine rings is 1. The molecule has 36 heavy (non-hydrogen) atoms. The predicted molar refractivity (Wildman–Crippen MR) is 123 cm³/mol. The first-order chi connectivity index (χ1) is 16.9. The number of nitrogens with one attached hydrogen (secondary N) is 1. The van der Waals surface area contributed by atoms with Gasteiger partial charge in [0.15, 0.2) is 0 Å². The molecule has 0 unspecified atom stereocenters. The van der Waals surface area contributed by atoms with E-state index in [4.69, 9.17) is 0 Å². The topological polar surface area (TPSA) is 87.7 Å². The quantitative estimate of drug-likeness (QED) is 0.558. The molecule has 2 amide bonds. The molecule has 2 fully saturated rings. The first-order valence-electron chi connectivity index (χ1n) is 11.6. The van der Waals surface area contributed by atoms with Crippen LogP contribution in [0.2, 0.25) is 0 Å². The Morgan fingerprint density at radius 2 is 2.06 bits per heavy atom. The molecule has 1 atom stereocenters. The number of aromatic nitrogens is 2. The molecule has 194 valence electrons. The zero-order valence-corrected chi connectivity index (χ0v) is 19.9. The molecule has 0 aromatic carbocycles. The van der Waals surface area contributed by atoms with Crippen LogP contribution < -0.4 is 10.1 Å². The van der Waals surface area contributed by atoms with E-state index < -0.39 is 30.5 Å². The maximum atomic E-state index is 14.3. The zero-order valence-electron chi connectivity index (χ0n) is 19.9. The van der Waals surface area contributed by atoms with Crippen LogP contribution in [0.1, 0.15) is 48.7 Å². The Morgan fingerprint density at radius 1 is 1.28 bits per heavy atom. The summed E-state index contributed by atoms with van der Waals surface area (Å²) in [5.74, 6) is -3.56. The average Bonchev–Trinajstić information content (AvgIpc) is 3.19. The van der Waals surface area contributed by atoms with Crippen molar-refractivity contribution in [1.82, 2.24) is 19.8 Å². The van der Waals surface area contributed by atoms with Crippen molar-refractivity contribution in [2.45, 2.75) is 57.6 Å². The van der Waals surface area contributed by atoms with Crippen LogP contribution in [0, 0.1) is 6.92 Å². The molecule has 0 radical (unpaired) electrons. The molecule has 2 aromatic heterocycles. The predicted octanol–water partition coefficient (Wildman–Crippen LogP) is 4.38. The number of nitrogens with zero attached hydrogens (tertiary/aromatic N) is 4. The summed E-state index contributed by atoms with van der Waals surface area (Å²) in [5.41, 5.74) is 0.453. The van der Waals surface area contributed by atoms with E-state index in [1.165, 1.54) is 18.3 Å². The average molecular weight is 510 g/mol. The molecule has 1 N–H and O–H groups in total. The number of carbonyl (C=O) groups is 2. The van der Waals surface area contributed by atoms with Crippen LogP contribution in [-0.2, 0) is 4.79 Å². The number of halogens is 4. The van der Waals surface area contributed by atoms with Crippen LogP contribution in [0.5, 0.6) is 5.75 Å². The van der Waals surface area contributed by atoms with Crippen molar-refractivity contribution in [3.8, 4) is 5.75 Å². The molecular weight excluding hydrogens is 482 g/mol. The second-order valence-corrected chi connectivity index (χ2v) is 9.20.